The lowest BCUT2D eigenvalue weighted by atomic mass is 9.94. The van der Waals surface area contributed by atoms with Gasteiger partial charge in [-0.2, -0.15) is 5.10 Å². The van der Waals surface area contributed by atoms with Crippen LogP contribution in [0.1, 0.15) is 26.7 Å². The fraction of sp³-hybridized carbons (Fsp3) is 0.200. The van der Waals surface area contributed by atoms with Gasteiger partial charge in [-0.05, 0) is 42.2 Å². The van der Waals surface area contributed by atoms with Crippen LogP contribution in [-0.4, -0.2) is 27.4 Å². The number of aryl methyl sites for hydroxylation is 2. The van der Waals surface area contributed by atoms with Gasteiger partial charge >= 0.3 is 5.97 Å². The van der Waals surface area contributed by atoms with Crippen LogP contribution in [-0.2, 0) is 13.1 Å². The lowest BCUT2D eigenvalue weighted by Gasteiger charge is -2.30. The number of benzene rings is 2. The minimum absolute atomic E-state index is 0.381. The van der Waals surface area contributed by atoms with E-state index in [0.717, 1.165) is 41.5 Å². The Morgan fingerprint density at radius 3 is 2.48 bits per heavy atom. The lowest BCUT2D eigenvalue weighted by Crippen LogP contribution is -2.31. The first-order chi connectivity index (χ1) is 15.1. The quantitative estimate of drug-likeness (QED) is 0.442. The van der Waals surface area contributed by atoms with Gasteiger partial charge in [0.1, 0.15) is 10.7 Å². The number of aromatic carboxylic acids is 1. The molecule has 0 aliphatic carbocycles. The maximum Gasteiger partial charge on any atom is 0.345 e. The molecule has 5 rings (SSSR count). The van der Waals surface area contributed by atoms with E-state index in [4.69, 9.17) is 5.10 Å². The molecule has 1 aliphatic heterocycles. The molecule has 2 aromatic carbocycles. The highest BCUT2D eigenvalue weighted by Crippen LogP contribution is 2.41. The summed E-state index contributed by atoms with van der Waals surface area (Å²) in [5, 5.41) is 14.2. The molecule has 6 heteroatoms. The van der Waals surface area contributed by atoms with Crippen LogP contribution < -0.4 is 4.90 Å². The summed E-state index contributed by atoms with van der Waals surface area (Å²) in [5.41, 5.74) is 5.73. The van der Waals surface area contributed by atoms with E-state index in [1.54, 1.807) is 6.07 Å². The van der Waals surface area contributed by atoms with Gasteiger partial charge in [0.25, 0.3) is 0 Å². The zero-order chi connectivity index (χ0) is 21.4. The number of carboxylic acid groups (broad SMARTS) is 1. The second-order valence-electron chi connectivity index (χ2n) is 7.76. The van der Waals surface area contributed by atoms with E-state index in [-0.39, 0.29) is 0 Å². The Bertz CT molecular complexity index is 1240. The van der Waals surface area contributed by atoms with Crippen LogP contribution >= 0.6 is 11.3 Å². The molecule has 0 bridgehead atoms. The molecule has 0 unspecified atom stereocenters. The first-order valence-electron chi connectivity index (χ1n) is 10.4. The predicted octanol–water partition coefficient (Wildman–Crippen LogP) is 5.70. The minimum atomic E-state index is -0.867. The van der Waals surface area contributed by atoms with Crippen molar-refractivity contribution in [3.05, 3.63) is 82.2 Å². The number of hydrogen-bond acceptors (Lipinski definition) is 4. The summed E-state index contributed by atoms with van der Waals surface area (Å²) in [6.07, 6.45) is 1.02. The van der Waals surface area contributed by atoms with Gasteiger partial charge in [-0.15, -0.1) is 11.3 Å². The Morgan fingerprint density at radius 2 is 1.74 bits per heavy atom. The number of anilines is 1. The number of hydrogen-bond donors (Lipinski definition) is 1. The Balaban J connectivity index is 1.60. The van der Waals surface area contributed by atoms with Gasteiger partial charge < -0.3 is 10.0 Å². The van der Waals surface area contributed by atoms with Crippen LogP contribution in [0.2, 0.25) is 0 Å². The van der Waals surface area contributed by atoms with E-state index in [0.29, 0.717) is 11.4 Å². The van der Waals surface area contributed by atoms with E-state index in [1.807, 2.05) is 12.1 Å². The molecule has 0 saturated carbocycles. The highest BCUT2D eigenvalue weighted by atomic mass is 32.1. The van der Waals surface area contributed by atoms with Gasteiger partial charge in [-0.1, -0.05) is 54.6 Å². The Hall–Kier alpha value is -3.38. The van der Waals surface area contributed by atoms with Gasteiger partial charge in [0.15, 0.2) is 0 Å². The number of aromatic nitrogens is 2. The van der Waals surface area contributed by atoms with Crippen molar-refractivity contribution in [1.29, 1.82) is 0 Å². The third-order valence-electron chi connectivity index (χ3n) is 5.70. The van der Waals surface area contributed by atoms with Gasteiger partial charge in [0.05, 0.1) is 12.2 Å². The van der Waals surface area contributed by atoms with Crippen molar-refractivity contribution in [3.8, 4) is 22.3 Å². The van der Waals surface area contributed by atoms with Crippen LogP contribution in [0.25, 0.3) is 22.3 Å². The number of carbonyl (C=O) groups is 1. The molecule has 0 fully saturated rings. The Morgan fingerprint density at radius 1 is 1.00 bits per heavy atom. The highest BCUT2D eigenvalue weighted by Gasteiger charge is 2.27. The smallest absolute Gasteiger partial charge is 0.345 e. The SMILES string of the molecule is Cc1nn2c(c1-c1ccccc1-c1ccccc1)N(Cc1ccc(C(=O)O)s1)CCC2. The summed E-state index contributed by atoms with van der Waals surface area (Å²) in [4.78, 5) is 15.1. The topological polar surface area (TPSA) is 58.4 Å². The van der Waals surface area contributed by atoms with Crippen LogP contribution in [0.3, 0.4) is 0 Å². The fourth-order valence-electron chi connectivity index (χ4n) is 4.37. The Labute approximate surface area is 185 Å². The molecular formula is C25H23N3O2S. The fourth-order valence-corrected chi connectivity index (χ4v) is 5.23. The average molecular weight is 430 g/mol. The molecule has 0 spiro atoms. The van der Waals surface area contributed by atoms with Crippen LogP contribution in [0.5, 0.6) is 0 Å². The molecule has 0 atom stereocenters. The third kappa shape index (κ3) is 3.64. The highest BCUT2D eigenvalue weighted by molar-refractivity contribution is 7.13. The number of fused-ring (bicyclic) bond motifs is 1. The summed E-state index contributed by atoms with van der Waals surface area (Å²) >= 11 is 1.35. The van der Waals surface area contributed by atoms with Crippen molar-refractivity contribution in [2.45, 2.75) is 26.4 Å². The van der Waals surface area contributed by atoms with Crippen molar-refractivity contribution < 1.29 is 9.90 Å². The van der Waals surface area contributed by atoms with Gasteiger partial charge in [-0.25, -0.2) is 9.48 Å². The van der Waals surface area contributed by atoms with Crippen LogP contribution in [0.15, 0.2) is 66.7 Å². The van der Waals surface area contributed by atoms with Crippen LogP contribution in [0.4, 0.5) is 5.82 Å². The largest absolute Gasteiger partial charge is 0.477 e. The zero-order valence-corrected chi connectivity index (χ0v) is 18.1. The second-order valence-corrected chi connectivity index (χ2v) is 8.93. The minimum Gasteiger partial charge on any atom is -0.477 e. The van der Waals surface area contributed by atoms with Crippen molar-refractivity contribution in [3.63, 3.8) is 0 Å². The normalized spacial score (nSPS) is 13.3. The average Bonchev–Trinajstić information content (AvgIpc) is 3.39. The van der Waals surface area contributed by atoms with Crippen molar-refractivity contribution in [2.75, 3.05) is 11.4 Å². The van der Waals surface area contributed by atoms with Gasteiger partial charge in [0, 0.05) is 23.5 Å². The summed E-state index contributed by atoms with van der Waals surface area (Å²) < 4.78 is 2.11. The first-order valence-corrected chi connectivity index (χ1v) is 11.2. The molecule has 0 saturated heterocycles. The molecule has 0 radical (unpaired) electrons. The molecule has 0 amide bonds. The lowest BCUT2D eigenvalue weighted by molar-refractivity contribution is 0.0702. The summed E-state index contributed by atoms with van der Waals surface area (Å²) in [5.74, 6) is 0.255. The first kappa shape index (κ1) is 19.6. The second kappa shape index (κ2) is 8.04. The van der Waals surface area contributed by atoms with E-state index in [2.05, 4.69) is 65.0 Å². The summed E-state index contributed by atoms with van der Waals surface area (Å²) in [6.45, 7) is 4.58. The standard InChI is InChI=1S/C25H23N3O2S/c1-17-23(21-11-6-5-10-20(21)18-8-3-2-4-9-18)24-27(14-7-15-28(24)26-17)16-19-12-13-22(31-19)25(29)30/h2-6,8-13H,7,14-16H2,1H3,(H,29,30). The molecule has 4 aromatic rings. The third-order valence-corrected chi connectivity index (χ3v) is 6.76. The molecule has 156 valence electrons. The molecule has 1 aliphatic rings. The van der Waals surface area contributed by atoms with Gasteiger partial charge in [0.2, 0.25) is 0 Å². The molecule has 5 nitrogen and oxygen atoms in total. The zero-order valence-electron chi connectivity index (χ0n) is 17.3. The van der Waals surface area contributed by atoms with Crippen molar-refractivity contribution in [2.24, 2.45) is 0 Å². The van der Waals surface area contributed by atoms with E-state index in [1.165, 1.54) is 28.0 Å². The molecule has 31 heavy (non-hydrogen) atoms. The summed E-state index contributed by atoms with van der Waals surface area (Å²) in [7, 11) is 0. The molecule has 3 heterocycles. The number of thiophene rings is 1. The molecular weight excluding hydrogens is 406 g/mol. The summed E-state index contributed by atoms with van der Waals surface area (Å²) in [6, 6.07) is 22.6. The molecule has 1 N–H and O–H groups in total. The van der Waals surface area contributed by atoms with E-state index < -0.39 is 5.97 Å². The van der Waals surface area contributed by atoms with E-state index in [9.17, 15) is 9.90 Å². The number of carboxylic acids is 1. The van der Waals surface area contributed by atoms with Crippen molar-refractivity contribution in [1.82, 2.24) is 9.78 Å². The van der Waals surface area contributed by atoms with Gasteiger partial charge in [-0.3, -0.25) is 0 Å². The maximum atomic E-state index is 11.3. The molecule has 2 aromatic heterocycles. The predicted molar refractivity (Wildman–Crippen MR) is 125 cm³/mol. The maximum absolute atomic E-state index is 11.3. The number of rotatable bonds is 5. The van der Waals surface area contributed by atoms with Crippen molar-refractivity contribution >= 4 is 23.1 Å². The Kier molecular flexibility index (Phi) is 5.08. The monoisotopic (exact) mass is 429 g/mol. The number of nitrogens with zero attached hydrogens (tertiary/aromatic N) is 3. The van der Waals surface area contributed by atoms with Crippen LogP contribution in [0, 0.1) is 6.92 Å². The van der Waals surface area contributed by atoms with E-state index >= 15 is 0 Å².